The first kappa shape index (κ1) is 32.9. The van der Waals surface area contributed by atoms with Crippen LogP contribution in [0.5, 0.6) is 5.75 Å². The van der Waals surface area contributed by atoms with Gasteiger partial charge < -0.3 is 15.0 Å². The standard InChI is InChI=1S/C32H40ClN3O5S/c1-32(2,3)34-31(38)29(21-24-13-7-6-8-14-24)35(23-25-15-9-10-18-28(25)33)30(37)19-12-20-36(42(5,39)40)26-16-11-17-27(22-26)41-4/h6-11,13-18,22,29H,12,19-21,23H2,1-5H3,(H,34,38)/t29-/m1/s1. The van der Waals surface area contributed by atoms with Crippen molar-refractivity contribution in [3.63, 3.8) is 0 Å². The Kier molecular flexibility index (Phi) is 11.4. The highest BCUT2D eigenvalue weighted by atomic mass is 35.5. The molecule has 3 aromatic carbocycles. The van der Waals surface area contributed by atoms with Crippen molar-refractivity contribution in [1.82, 2.24) is 10.2 Å². The summed E-state index contributed by atoms with van der Waals surface area (Å²) in [5, 5.41) is 3.53. The molecule has 42 heavy (non-hydrogen) atoms. The molecule has 0 saturated heterocycles. The molecule has 0 spiro atoms. The van der Waals surface area contributed by atoms with E-state index in [2.05, 4.69) is 5.32 Å². The quantitative estimate of drug-likeness (QED) is 0.277. The molecular formula is C32H40ClN3O5S. The zero-order chi connectivity index (χ0) is 30.9. The second-order valence-corrected chi connectivity index (χ2v) is 13.5. The summed E-state index contributed by atoms with van der Waals surface area (Å²) in [5.41, 5.74) is 1.55. The predicted octanol–water partition coefficient (Wildman–Crippen LogP) is 5.45. The van der Waals surface area contributed by atoms with Crippen LogP contribution in [-0.4, -0.2) is 56.6 Å². The van der Waals surface area contributed by atoms with Crippen molar-refractivity contribution < 1.29 is 22.7 Å². The van der Waals surface area contributed by atoms with Gasteiger partial charge >= 0.3 is 0 Å². The van der Waals surface area contributed by atoms with E-state index >= 15 is 0 Å². The van der Waals surface area contributed by atoms with Crippen LogP contribution in [0.1, 0.15) is 44.7 Å². The van der Waals surface area contributed by atoms with Gasteiger partial charge in [-0.15, -0.1) is 0 Å². The van der Waals surface area contributed by atoms with E-state index in [0.29, 0.717) is 28.4 Å². The Morgan fingerprint density at radius 2 is 1.64 bits per heavy atom. The van der Waals surface area contributed by atoms with Gasteiger partial charge in [0, 0.05) is 42.6 Å². The number of hydrogen-bond acceptors (Lipinski definition) is 5. The smallest absolute Gasteiger partial charge is 0.243 e. The Bertz CT molecular complexity index is 1460. The van der Waals surface area contributed by atoms with Crippen molar-refractivity contribution in [2.24, 2.45) is 0 Å². The largest absolute Gasteiger partial charge is 0.497 e. The highest BCUT2D eigenvalue weighted by Crippen LogP contribution is 2.25. The number of carbonyl (C=O) groups excluding carboxylic acids is 2. The lowest BCUT2D eigenvalue weighted by atomic mass is 10.00. The fourth-order valence-electron chi connectivity index (χ4n) is 4.59. The molecule has 3 rings (SSSR count). The van der Waals surface area contributed by atoms with Crippen LogP contribution >= 0.6 is 11.6 Å². The number of amides is 2. The van der Waals surface area contributed by atoms with Crippen molar-refractivity contribution in [3.8, 4) is 5.75 Å². The second kappa shape index (κ2) is 14.6. The number of benzene rings is 3. The Morgan fingerprint density at radius 1 is 0.976 bits per heavy atom. The van der Waals surface area contributed by atoms with Crippen LogP contribution in [0.4, 0.5) is 5.69 Å². The van der Waals surface area contributed by atoms with E-state index in [1.54, 1.807) is 35.2 Å². The van der Waals surface area contributed by atoms with E-state index < -0.39 is 21.6 Å². The minimum Gasteiger partial charge on any atom is -0.497 e. The number of methoxy groups -OCH3 is 1. The molecule has 2 amide bonds. The number of rotatable bonds is 13. The lowest BCUT2D eigenvalue weighted by Crippen LogP contribution is -2.54. The maximum Gasteiger partial charge on any atom is 0.243 e. The second-order valence-electron chi connectivity index (χ2n) is 11.2. The van der Waals surface area contributed by atoms with Crippen molar-refractivity contribution >= 4 is 39.1 Å². The third kappa shape index (κ3) is 9.77. The zero-order valence-corrected chi connectivity index (χ0v) is 26.4. The van der Waals surface area contributed by atoms with E-state index in [1.807, 2.05) is 69.3 Å². The van der Waals surface area contributed by atoms with E-state index in [9.17, 15) is 18.0 Å². The summed E-state index contributed by atoms with van der Waals surface area (Å²) >= 11 is 6.49. The highest BCUT2D eigenvalue weighted by Gasteiger charge is 2.32. The van der Waals surface area contributed by atoms with Crippen molar-refractivity contribution in [3.05, 3.63) is 95.0 Å². The average molecular weight is 614 g/mol. The molecule has 0 aliphatic rings. The number of ether oxygens (including phenoxy) is 1. The summed E-state index contributed by atoms with van der Waals surface area (Å²) in [5.74, 6) is -0.0309. The number of anilines is 1. The highest BCUT2D eigenvalue weighted by molar-refractivity contribution is 7.92. The lowest BCUT2D eigenvalue weighted by molar-refractivity contribution is -0.142. The van der Waals surface area contributed by atoms with Crippen LogP contribution in [-0.2, 0) is 32.6 Å². The maximum atomic E-state index is 13.9. The first-order valence-corrected chi connectivity index (χ1v) is 16.0. The summed E-state index contributed by atoms with van der Waals surface area (Å²) in [6.07, 6.45) is 1.69. The molecule has 0 saturated carbocycles. The van der Waals surface area contributed by atoms with Crippen molar-refractivity contribution in [2.45, 2.75) is 58.2 Å². The fraction of sp³-hybridized carbons (Fsp3) is 0.375. The van der Waals surface area contributed by atoms with Gasteiger partial charge in [0.15, 0.2) is 0 Å². The molecule has 0 heterocycles. The molecule has 0 aromatic heterocycles. The summed E-state index contributed by atoms with van der Waals surface area (Å²) in [4.78, 5) is 29.2. The van der Waals surface area contributed by atoms with Gasteiger partial charge in [0.05, 0.1) is 19.1 Å². The number of halogens is 1. The topological polar surface area (TPSA) is 96.0 Å². The van der Waals surface area contributed by atoms with Gasteiger partial charge in [-0.3, -0.25) is 13.9 Å². The fourth-order valence-corrected chi connectivity index (χ4v) is 5.74. The molecule has 1 atom stereocenters. The van der Waals surface area contributed by atoms with Crippen LogP contribution < -0.4 is 14.4 Å². The average Bonchev–Trinajstić information content (AvgIpc) is 2.92. The number of hydrogen-bond donors (Lipinski definition) is 1. The third-order valence-electron chi connectivity index (χ3n) is 6.56. The van der Waals surface area contributed by atoms with E-state index in [0.717, 1.165) is 11.8 Å². The van der Waals surface area contributed by atoms with Crippen LogP contribution in [0, 0.1) is 0 Å². The minimum atomic E-state index is -3.63. The van der Waals surface area contributed by atoms with Crippen molar-refractivity contribution in [1.29, 1.82) is 0 Å². The Labute approximate surface area is 254 Å². The van der Waals surface area contributed by atoms with E-state index in [-0.39, 0.29) is 37.7 Å². The number of sulfonamides is 1. The first-order chi connectivity index (χ1) is 19.8. The minimum absolute atomic E-state index is 0.0223. The molecule has 0 radical (unpaired) electrons. The van der Waals surface area contributed by atoms with Crippen LogP contribution in [0.15, 0.2) is 78.9 Å². The Balaban J connectivity index is 1.91. The summed E-state index contributed by atoms with van der Waals surface area (Å²) in [7, 11) is -2.12. The van der Waals surface area contributed by atoms with Gasteiger partial charge in [-0.25, -0.2) is 8.42 Å². The van der Waals surface area contributed by atoms with Gasteiger partial charge in [-0.1, -0.05) is 66.2 Å². The Hall–Kier alpha value is -3.56. The molecule has 0 unspecified atom stereocenters. The van der Waals surface area contributed by atoms with E-state index in [1.165, 1.54) is 11.4 Å². The molecule has 8 nitrogen and oxygen atoms in total. The molecule has 10 heteroatoms. The molecule has 0 fully saturated rings. The number of nitrogens with one attached hydrogen (secondary N) is 1. The zero-order valence-electron chi connectivity index (χ0n) is 24.8. The van der Waals surface area contributed by atoms with Gasteiger partial charge in [0.2, 0.25) is 21.8 Å². The number of nitrogens with zero attached hydrogens (tertiary/aromatic N) is 2. The first-order valence-electron chi connectivity index (χ1n) is 13.8. The summed E-state index contributed by atoms with van der Waals surface area (Å²) < 4.78 is 31.9. The SMILES string of the molecule is COc1cccc(N(CCCC(=O)N(Cc2ccccc2Cl)[C@H](Cc2ccccc2)C(=O)NC(C)(C)C)S(C)(=O)=O)c1. The molecule has 0 bridgehead atoms. The van der Waals surface area contributed by atoms with Crippen molar-refractivity contribution in [2.75, 3.05) is 24.2 Å². The molecular weight excluding hydrogens is 574 g/mol. The normalized spacial score (nSPS) is 12.3. The predicted molar refractivity (Wildman–Crippen MR) is 168 cm³/mol. The monoisotopic (exact) mass is 613 g/mol. The van der Waals surface area contributed by atoms with Crippen LogP contribution in [0.3, 0.4) is 0 Å². The van der Waals surface area contributed by atoms with Gasteiger partial charge in [0.1, 0.15) is 11.8 Å². The van der Waals surface area contributed by atoms with Gasteiger partial charge in [-0.2, -0.15) is 0 Å². The maximum absolute atomic E-state index is 13.9. The van der Waals surface area contributed by atoms with Gasteiger partial charge in [-0.05, 0) is 56.5 Å². The Morgan fingerprint density at radius 3 is 2.26 bits per heavy atom. The molecule has 226 valence electrons. The lowest BCUT2D eigenvalue weighted by Gasteiger charge is -2.34. The molecule has 0 aliphatic heterocycles. The number of carbonyl (C=O) groups is 2. The third-order valence-corrected chi connectivity index (χ3v) is 8.12. The van der Waals surface area contributed by atoms with Gasteiger partial charge in [0.25, 0.3) is 0 Å². The summed E-state index contributed by atoms with van der Waals surface area (Å²) in [6.45, 7) is 5.88. The molecule has 1 N–H and O–H groups in total. The van der Waals surface area contributed by atoms with Crippen LogP contribution in [0.2, 0.25) is 5.02 Å². The van der Waals surface area contributed by atoms with E-state index in [4.69, 9.17) is 16.3 Å². The molecule has 0 aliphatic carbocycles. The molecule has 3 aromatic rings. The summed E-state index contributed by atoms with van der Waals surface area (Å²) in [6, 6.07) is 22.7. The van der Waals surface area contributed by atoms with Crippen LogP contribution in [0.25, 0.3) is 0 Å².